The topological polar surface area (TPSA) is 116 Å². The van der Waals surface area contributed by atoms with Crippen LogP contribution in [-0.4, -0.2) is 55.5 Å². The zero-order valence-corrected chi connectivity index (χ0v) is 23.3. The molecule has 0 aromatic heterocycles. The lowest BCUT2D eigenvalue weighted by molar-refractivity contribution is -0.119. The molecule has 0 saturated heterocycles. The minimum absolute atomic E-state index is 0.102. The van der Waals surface area contributed by atoms with Gasteiger partial charge in [-0.3, -0.25) is 9.10 Å². The average Bonchev–Trinajstić information content (AvgIpc) is 2.99. The number of methoxy groups -OCH3 is 4. The highest BCUT2D eigenvalue weighted by atomic mass is 32.2. The Labute approximate surface area is 232 Å². The molecule has 0 aliphatic carbocycles. The second-order valence-corrected chi connectivity index (χ2v) is 10.3. The first-order chi connectivity index (χ1) is 19.3. The molecule has 0 atom stereocenters. The molecule has 0 aliphatic heterocycles. The van der Waals surface area contributed by atoms with E-state index < -0.39 is 22.5 Å². The normalized spacial score (nSPS) is 11.3. The summed E-state index contributed by atoms with van der Waals surface area (Å²) in [4.78, 5) is 13.0. The maximum Gasteiger partial charge on any atom is 0.265 e. The molecular weight excluding hydrogens is 534 g/mol. The molecule has 4 aromatic carbocycles. The van der Waals surface area contributed by atoms with E-state index in [1.54, 1.807) is 12.1 Å². The van der Waals surface area contributed by atoms with Crippen molar-refractivity contribution in [2.75, 3.05) is 39.3 Å². The maximum atomic E-state index is 14.0. The number of ether oxygens (including phenoxy) is 4. The van der Waals surface area contributed by atoms with Gasteiger partial charge in [0.05, 0.1) is 45.2 Å². The Kier molecular flexibility index (Phi) is 8.75. The van der Waals surface area contributed by atoms with Crippen molar-refractivity contribution < 1.29 is 32.2 Å². The van der Waals surface area contributed by atoms with Gasteiger partial charge in [0.25, 0.3) is 15.9 Å². The highest BCUT2D eigenvalue weighted by Crippen LogP contribution is 2.37. The molecule has 0 heterocycles. The van der Waals surface area contributed by atoms with Gasteiger partial charge in [-0.2, -0.15) is 5.10 Å². The van der Waals surface area contributed by atoms with Gasteiger partial charge in [0.1, 0.15) is 18.0 Å². The molecule has 4 aromatic rings. The van der Waals surface area contributed by atoms with E-state index >= 15 is 0 Å². The van der Waals surface area contributed by atoms with Crippen LogP contribution in [0.25, 0.3) is 10.8 Å². The standard InChI is InChI=1S/C29H29N3O7S/c1-36-22-12-14-26(37-2)25(16-22)32(40(34,35)23-13-15-27(38-3)28(17-23)39-4)19-29(33)31-30-18-21-10-7-9-20-8-5-6-11-24(20)21/h5-18H,19H2,1-4H3,(H,31,33)/b30-18+. The van der Waals surface area contributed by atoms with E-state index in [9.17, 15) is 13.2 Å². The number of hydrazone groups is 1. The number of anilines is 1. The van der Waals surface area contributed by atoms with E-state index in [1.807, 2.05) is 42.5 Å². The fraction of sp³-hybridized carbons (Fsp3) is 0.172. The van der Waals surface area contributed by atoms with Crippen LogP contribution in [0, 0.1) is 0 Å². The Bertz CT molecular complexity index is 1650. The van der Waals surface area contributed by atoms with Crippen LogP contribution < -0.4 is 28.7 Å². The van der Waals surface area contributed by atoms with E-state index in [0.717, 1.165) is 20.6 Å². The number of fused-ring (bicyclic) bond motifs is 1. The molecule has 208 valence electrons. The number of sulfonamides is 1. The number of benzene rings is 4. The van der Waals surface area contributed by atoms with Crippen molar-refractivity contribution in [3.63, 3.8) is 0 Å². The smallest absolute Gasteiger partial charge is 0.265 e. The summed E-state index contributed by atoms with van der Waals surface area (Å²) in [5.74, 6) is 0.484. The SMILES string of the molecule is COc1ccc(OC)c(N(CC(=O)N/N=C/c2cccc3ccccc23)S(=O)(=O)c2ccc(OC)c(OC)c2)c1. The Morgan fingerprint density at radius 3 is 2.25 bits per heavy atom. The molecule has 10 nitrogen and oxygen atoms in total. The van der Waals surface area contributed by atoms with E-state index in [1.165, 1.54) is 58.9 Å². The number of carbonyl (C=O) groups excluding carboxylic acids is 1. The van der Waals surface area contributed by atoms with E-state index in [-0.39, 0.29) is 22.1 Å². The minimum Gasteiger partial charge on any atom is -0.497 e. The number of hydrogen-bond donors (Lipinski definition) is 1. The number of nitrogens with zero attached hydrogens (tertiary/aromatic N) is 2. The fourth-order valence-electron chi connectivity index (χ4n) is 4.10. The van der Waals surface area contributed by atoms with Gasteiger partial charge in [0.15, 0.2) is 11.5 Å². The van der Waals surface area contributed by atoms with Gasteiger partial charge in [-0.15, -0.1) is 0 Å². The van der Waals surface area contributed by atoms with Crippen LogP contribution in [0.5, 0.6) is 23.0 Å². The van der Waals surface area contributed by atoms with Crippen molar-refractivity contribution in [3.05, 3.63) is 84.4 Å². The van der Waals surface area contributed by atoms with Crippen molar-refractivity contribution in [1.29, 1.82) is 0 Å². The Morgan fingerprint density at radius 1 is 0.825 bits per heavy atom. The molecule has 0 bridgehead atoms. The lowest BCUT2D eigenvalue weighted by atomic mass is 10.1. The molecule has 0 fully saturated rings. The number of amides is 1. The van der Waals surface area contributed by atoms with Crippen LogP contribution in [0.4, 0.5) is 5.69 Å². The highest BCUT2D eigenvalue weighted by Gasteiger charge is 2.31. The third-order valence-electron chi connectivity index (χ3n) is 6.10. The molecule has 0 aliphatic rings. The first kappa shape index (κ1) is 28.2. The molecule has 11 heteroatoms. The minimum atomic E-state index is -4.32. The second-order valence-electron chi connectivity index (χ2n) is 8.43. The Morgan fingerprint density at radius 2 is 1.52 bits per heavy atom. The predicted octanol–water partition coefficient (Wildman–Crippen LogP) is 4.22. The summed E-state index contributed by atoms with van der Waals surface area (Å²) >= 11 is 0. The zero-order valence-electron chi connectivity index (χ0n) is 22.5. The second kappa shape index (κ2) is 12.4. The van der Waals surface area contributed by atoms with Gasteiger partial charge < -0.3 is 18.9 Å². The summed E-state index contributed by atoms with van der Waals surface area (Å²) in [6, 6.07) is 22.3. The van der Waals surface area contributed by atoms with Crippen molar-refractivity contribution in [2.24, 2.45) is 5.10 Å². The van der Waals surface area contributed by atoms with Crippen molar-refractivity contribution in [2.45, 2.75) is 4.90 Å². The largest absolute Gasteiger partial charge is 0.497 e. The monoisotopic (exact) mass is 563 g/mol. The summed E-state index contributed by atoms with van der Waals surface area (Å²) in [6.45, 7) is -0.604. The summed E-state index contributed by atoms with van der Waals surface area (Å²) in [6.07, 6.45) is 1.51. The number of rotatable bonds is 11. The van der Waals surface area contributed by atoms with Crippen LogP contribution >= 0.6 is 0 Å². The van der Waals surface area contributed by atoms with Gasteiger partial charge in [-0.25, -0.2) is 13.8 Å². The van der Waals surface area contributed by atoms with Gasteiger partial charge in [0, 0.05) is 17.7 Å². The predicted molar refractivity (Wildman–Crippen MR) is 153 cm³/mol. The number of carbonyl (C=O) groups is 1. The molecule has 4 rings (SSSR count). The third-order valence-corrected chi connectivity index (χ3v) is 7.86. The fourth-order valence-corrected chi connectivity index (χ4v) is 5.54. The van der Waals surface area contributed by atoms with Gasteiger partial charge in [0.2, 0.25) is 0 Å². The summed E-state index contributed by atoms with van der Waals surface area (Å²) in [5.41, 5.74) is 3.33. The van der Waals surface area contributed by atoms with Crippen LogP contribution in [0.3, 0.4) is 0 Å². The molecular formula is C29H29N3O7S. The Hall–Kier alpha value is -4.77. The molecule has 0 unspecified atom stereocenters. The van der Waals surface area contributed by atoms with Crippen molar-refractivity contribution in [1.82, 2.24) is 5.43 Å². The lowest BCUT2D eigenvalue weighted by Crippen LogP contribution is -2.39. The van der Waals surface area contributed by atoms with Crippen molar-refractivity contribution >= 4 is 38.6 Å². The summed E-state index contributed by atoms with van der Waals surface area (Å²) in [7, 11) is 1.38. The van der Waals surface area contributed by atoms with Crippen molar-refractivity contribution in [3.8, 4) is 23.0 Å². The lowest BCUT2D eigenvalue weighted by Gasteiger charge is -2.26. The molecule has 0 spiro atoms. The molecule has 40 heavy (non-hydrogen) atoms. The van der Waals surface area contributed by atoms with Crippen LogP contribution in [-0.2, 0) is 14.8 Å². The van der Waals surface area contributed by atoms with Gasteiger partial charge in [-0.1, -0.05) is 42.5 Å². The van der Waals surface area contributed by atoms with Crippen LogP contribution in [0.2, 0.25) is 0 Å². The average molecular weight is 564 g/mol. The quantitative estimate of drug-likeness (QED) is 0.215. The van der Waals surface area contributed by atoms with Gasteiger partial charge in [-0.05, 0) is 35.0 Å². The Balaban J connectivity index is 1.69. The van der Waals surface area contributed by atoms with E-state index in [4.69, 9.17) is 18.9 Å². The summed E-state index contributed by atoms with van der Waals surface area (Å²) < 4.78 is 50.1. The molecule has 0 radical (unpaired) electrons. The third kappa shape index (κ3) is 5.94. The molecule has 0 saturated carbocycles. The van der Waals surface area contributed by atoms with E-state index in [2.05, 4.69) is 10.5 Å². The number of hydrogen-bond acceptors (Lipinski definition) is 8. The highest BCUT2D eigenvalue weighted by molar-refractivity contribution is 7.92. The summed E-state index contributed by atoms with van der Waals surface area (Å²) in [5, 5.41) is 6.06. The zero-order chi connectivity index (χ0) is 28.7. The first-order valence-corrected chi connectivity index (χ1v) is 13.5. The first-order valence-electron chi connectivity index (χ1n) is 12.1. The van der Waals surface area contributed by atoms with Crippen LogP contribution in [0.1, 0.15) is 5.56 Å². The molecule has 1 amide bonds. The molecule has 1 N–H and O–H groups in total. The maximum absolute atomic E-state index is 14.0. The van der Waals surface area contributed by atoms with E-state index in [0.29, 0.717) is 11.5 Å². The van der Waals surface area contributed by atoms with Gasteiger partial charge >= 0.3 is 0 Å². The number of nitrogens with one attached hydrogen (secondary N) is 1. The van der Waals surface area contributed by atoms with Crippen LogP contribution in [0.15, 0.2) is 88.9 Å².